The van der Waals surface area contributed by atoms with Crippen molar-refractivity contribution in [1.82, 2.24) is 14.8 Å². The molecule has 5 heteroatoms. The lowest BCUT2D eigenvalue weighted by atomic mass is 10.00. The van der Waals surface area contributed by atoms with E-state index in [1.807, 2.05) is 12.1 Å². The van der Waals surface area contributed by atoms with E-state index >= 15 is 0 Å². The Hall–Kier alpha value is -1.88. The first kappa shape index (κ1) is 12.2. The van der Waals surface area contributed by atoms with Crippen LogP contribution in [0.25, 0.3) is 0 Å². The van der Waals surface area contributed by atoms with Gasteiger partial charge in [-0.15, -0.1) is 10.2 Å². The molecule has 1 atom stereocenters. The molecule has 0 bridgehead atoms. The Labute approximate surface area is 111 Å². The number of aliphatic hydroxyl groups excluding tert-OH is 1. The Bertz CT molecular complexity index is 580. The molecule has 1 aromatic carbocycles. The number of fused-ring (bicyclic) bond motifs is 1. The molecule has 0 saturated heterocycles. The van der Waals surface area contributed by atoms with Crippen LogP contribution in [-0.4, -0.2) is 31.6 Å². The Balaban J connectivity index is 1.88. The predicted molar refractivity (Wildman–Crippen MR) is 70.0 cm³/mol. The maximum Gasteiger partial charge on any atom is 0.138 e. The highest BCUT2D eigenvalue weighted by molar-refractivity contribution is 5.29. The second-order valence-electron chi connectivity index (χ2n) is 4.99. The fourth-order valence-corrected chi connectivity index (χ4v) is 2.67. The van der Waals surface area contributed by atoms with Crippen LogP contribution < -0.4 is 0 Å². The summed E-state index contributed by atoms with van der Waals surface area (Å²) in [6.45, 7) is 1.04. The van der Waals surface area contributed by atoms with E-state index in [4.69, 9.17) is 0 Å². The zero-order valence-electron chi connectivity index (χ0n) is 10.7. The lowest BCUT2D eigenvalue weighted by Gasteiger charge is -2.21. The second-order valence-corrected chi connectivity index (χ2v) is 4.99. The molecule has 2 heterocycles. The zero-order valence-corrected chi connectivity index (χ0v) is 10.7. The molecule has 1 aliphatic rings. The standard InChI is InChI=1S/C14H17N3O2/c18-9-11-4-2-6-17-13(15-16-14(11)17)8-10-3-1-5-12(19)7-10/h1,3,5,7,11,18-19H,2,4,6,8-9H2. The quantitative estimate of drug-likeness (QED) is 0.875. The van der Waals surface area contributed by atoms with Gasteiger partial charge >= 0.3 is 0 Å². The van der Waals surface area contributed by atoms with E-state index in [1.54, 1.807) is 12.1 Å². The minimum atomic E-state index is 0.110. The summed E-state index contributed by atoms with van der Waals surface area (Å²) < 4.78 is 2.11. The Morgan fingerprint density at radius 1 is 1.32 bits per heavy atom. The minimum Gasteiger partial charge on any atom is -0.508 e. The van der Waals surface area contributed by atoms with Crippen LogP contribution in [0.1, 0.15) is 36.0 Å². The zero-order chi connectivity index (χ0) is 13.2. The van der Waals surface area contributed by atoms with Gasteiger partial charge in [-0.2, -0.15) is 0 Å². The molecule has 2 N–H and O–H groups in total. The third kappa shape index (κ3) is 2.33. The van der Waals surface area contributed by atoms with E-state index in [0.29, 0.717) is 6.42 Å². The molecule has 3 rings (SSSR count). The van der Waals surface area contributed by atoms with Gasteiger partial charge in [0, 0.05) is 18.9 Å². The van der Waals surface area contributed by atoms with Crippen molar-refractivity contribution in [3.8, 4) is 5.75 Å². The average Bonchev–Trinajstić information content (AvgIpc) is 2.82. The summed E-state index contributed by atoms with van der Waals surface area (Å²) in [5.41, 5.74) is 1.02. The van der Waals surface area contributed by atoms with Crippen LogP contribution in [0, 0.1) is 0 Å². The van der Waals surface area contributed by atoms with Crippen molar-refractivity contribution < 1.29 is 10.2 Å². The number of hydrogen-bond acceptors (Lipinski definition) is 4. The molecular formula is C14H17N3O2. The summed E-state index contributed by atoms with van der Waals surface area (Å²) in [5, 5.41) is 27.3. The van der Waals surface area contributed by atoms with Gasteiger partial charge in [-0.05, 0) is 30.5 Å². The van der Waals surface area contributed by atoms with Crippen LogP contribution in [-0.2, 0) is 13.0 Å². The molecule has 100 valence electrons. The molecule has 1 aliphatic heterocycles. The summed E-state index contributed by atoms with van der Waals surface area (Å²) in [6, 6.07) is 7.20. The Morgan fingerprint density at radius 2 is 2.21 bits per heavy atom. The normalized spacial score (nSPS) is 18.3. The van der Waals surface area contributed by atoms with Crippen molar-refractivity contribution in [3.05, 3.63) is 41.5 Å². The highest BCUT2D eigenvalue weighted by Crippen LogP contribution is 2.26. The Morgan fingerprint density at radius 3 is 3.00 bits per heavy atom. The molecular weight excluding hydrogens is 242 g/mol. The van der Waals surface area contributed by atoms with Gasteiger partial charge in [0.05, 0.1) is 6.61 Å². The molecule has 0 aliphatic carbocycles. The van der Waals surface area contributed by atoms with Crippen LogP contribution in [0.4, 0.5) is 0 Å². The van der Waals surface area contributed by atoms with Crippen LogP contribution in [0.5, 0.6) is 5.75 Å². The van der Waals surface area contributed by atoms with Gasteiger partial charge < -0.3 is 14.8 Å². The number of benzene rings is 1. The summed E-state index contributed by atoms with van der Waals surface area (Å²) >= 11 is 0. The molecule has 0 fully saturated rings. The fourth-order valence-electron chi connectivity index (χ4n) is 2.67. The van der Waals surface area contributed by atoms with Crippen LogP contribution in [0.2, 0.25) is 0 Å². The number of aliphatic hydroxyl groups is 1. The van der Waals surface area contributed by atoms with E-state index in [-0.39, 0.29) is 18.3 Å². The second kappa shape index (κ2) is 5.01. The summed E-state index contributed by atoms with van der Waals surface area (Å²) in [4.78, 5) is 0. The van der Waals surface area contributed by atoms with Gasteiger partial charge in [-0.25, -0.2) is 0 Å². The van der Waals surface area contributed by atoms with Gasteiger partial charge in [0.2, 0.25) is 0 Å². The maximum absolute atomic E-state index is 9.48. The van der Waals surface area contributed by atoms with Crippen molar-refractivity contribution in [2.45, 2.75) is 31.7 Å². The topological polar surface area (TPSA) is 71.2 Å². The number of rotatable bonds is 3. The number of aromatic hydroxyl groups is 1. The number of hydrogen-bond donors (Lipinski definition) is 2. The first-order chi connectivity index (χ1) is 9.28. The van der Waals surface area contributed by atoms with E-state index in [9.17, 15) is 10.2 Å². The van der Waals surface area contributed by atoms with Crippen molar-refractivity contribution in [2.75, 3.05) is 6.61 Å². The minimum absolute atomic E-state index is 0.110. The van der Waals surface area contributed by atoms with Crippen LogP contribution >= 0.6 is 0 Å². The van der Waals surface area contributed by atoms with E-state index in [0.717, 1.165) is 36.6 Å². The van der Waals surface area contributed by atoms with Crippen molar-refractivity contribution in [3.63, 3.8) is 0 Å². The molecule has 1 unspecified atom stereocenters. The largest absolute Gasteiger partial charge is 0.508 e. The third-order valence-corrected chi connectivity index (χ3v) is 3.65. The van der Waals surface area contributed by atoms with E-state index in [2.05, 4.69) is 14.8 Å². The first-order valence-electron chi connectivity index (χ1n) is 6.58. The molecule has 19 heavy (non-hydrogen) atoms. The van der Waals surface area contributed by atoms with Crippen molar-refractivity contribution in [2.24, 2.45) is 0 Å². The molecule has 1 aromatic heterocycles. The molecule has 0 spiro atoms. The predicted octanol–water partition coefficient (Wildman–Crippen LogP) is 1.44. The summed E-state index contributed by atoms with van der Waals surface area (Å²) in [5.74, 6) is 2.17. The van der Waals surface area contributed by atoms with Gasteiger partial charge in [0.25, 0.3) is 0 Å². The van der Waals surface area contributed by atoms with Crippen LogP contribution in [0.15, 0.2) is 24.3 Å². The molecule has 0 radical (unpaired) electrons. The fraction of sp³-hybridized carbons (Fsp3) is 0.429. The molecule has 2 aromatic rings. The average molecular weight is 259 g/mol. The molecule has 0 saturated carbocycles. The highest BCUT2D eigenvalue weighted by atomic mass is 16.3. The summed E-state index contributed by atoms with van der Waals surface area (Å²) in [7, 11) is 0. The number of phenols is 1. The van der Waals surface area contributed by atoms with E-state index < -0.39 is 0 Å². The lowest BCUT2D eigenvalue weighted by Crippen LogP contribution is -2.20. The highest BCUT2D eigenvalue weighted by Gasteiger charge is 2.24. The van der Waals surface area contributed by atoms with Gasteiger partial charge in [-0.1, -0.05) is 12.1 Å². The van der Waals surface area contributed by atoms with Crippen molar-refractivity contribution in [1.29, 1.82) is 0 Å². The molecule has 0 amide bonds. The maximum atomic E-state index is 9.48. The van der Waals surface area contributed by atoms with Gasteiger partial charge in [0.1, 0.15) is 17.4 Å². The monoisotopic (exact) mass is 259 g/mol. The first-order valence-corrected chi connectivity index (χ1v) is 6.58. The number of phenolic OH excluding ortho intramolecular Hbond substituents is 1. The SMILES string of the molecule is OCC1CCCn2c(Cc3cccc(O)c3)nnc21. The smallest absolute Gasteiger partial charge is 0.138 e. The lowest BCUT2D eigenvalue weighted by molar-refractivity contribution is 0.237. The van der Waals surface area contributed by atoms with Gasteiger partial charge in [0.15, 0.2) is 0 Å². The van der Waals surface area contributed by atoms with Crippen LogP contribution in [0.3, 0.4) is 0 Å². The van der Waals surface area contributed by atoms with Gasteiger partial charge in [-0.3, -0.25) is 0 Å². The number of aromatic nitrogens is 3. The number of nitrogens with zero attached hydrogens (tertiary/aromatic N) is 3. The van der Waals surface area contributed by atoms with Crippen molar-refractivity contribution >= 4 is 0 Å². The van der Waals surface area contributed by atoms with E-state index in [1.165, 1.54) is 0 Å². The Kier molecular flexibility index (Phi) is 3.21. The third-order valence-electron chi connectivity index (χ3n) is 3.65. The molecule has 5 nitrogen and oxygen atoms in total. The summed E-state index contributed by atoms with van der Waals surface area (Å²) in [6.07, 6.45) is 2.67.